The van der Waals surface area contributed by atoms with Crippen LogP contribution in [0.25, 0.3) is 0 Å². The summed E-state index contributed by atoms with van der Waals surface area (Å²) in [6, 6.07) is 7.25. The maximum Gasteiger partial charge on any atom is 0.321 e. The van der Waals surface area contributed by atoms with E-state index in [1.54, 1.807) is 18.6 Å². The summed E-state index contributed by atoms with van der Waals surface area (Å²) in [4.78, 5) is 28.0. The Bertz CT molecular complexity index is 877. The van der Waals surface area contributed by atoms with E-state index in [1.165, 1.54) is 36.9 Å². The molecule has 1 saturated heterocycles. The van der Waals surface area contributed by atoms with Crippen molar-refractivity contribution in [3.8, 4) is 0 Å². The Morgan fingerprint density at radius 1 is 0.967 bits per heavy atom. The standard InChI is InChI=1S/C23H30N6O/c30-23(29-14-12-28(13-15-29)22-17-24-8-9-25-22)26-20-5-4-18-6-10-27(21-2-1-3-21)11-7-19(18)16-20/h4-5,8-9,16-17,21H,1-3,6-7,10-15H2,(H,26,30). The molecule has 30 heavy (non-hydrogen) atoms. The van der Waals surface area contributed by atoms with Crippen LogP contribution in [0.4, 0.5) is 16.3 Å². The van der Waals surface area contributed by atoms with Gasteiger partial charge in [0.1, 0.15) is 5.82 Å². The largest absolute Gasteiger partial charge is 0.352 e. The number of fused-ring (bicyclic) bond motifs is 1. The lowest BCUT2D eigenvalue weighted by atomic mass is 9.91. The second-order valence-corrected chi connectivity index (χ2v) is 8.57. The van der Waals surface area contributed by atoms with Crippen LogP contribution in [0, 0.1) is 0 Å². The topological polar surface area (TPSA) is 64.6 Å². The van der Waals surface area contributed by atoms with Gasteiger partial charge in [0.25, 0.3) is 0 Å². The van der Waals surface area contributed by atoms with Crippen molar-refractivity contribution in [3.05, 3.63) is 47.9 Å². The van der Waals surface area contributed by atoms with Gasteiger partial charge in [-0.2, -0.15) is 0 Å². The molecule has 7 heteroatoms. The first kappa shape index (κ1) is 19.3. The number of urea groups is 1. The minimum atomic E-state index is -0.0153. The fraction of sp³-hybridized carbons (Fsp3) is 0.522. The zero-order chi connectivity index (χ0) is 20.3. The summed E-state index contributed by atoms with van der Waals surface area (Å²) in [6.07, 6.45) is 11.5. The molecule has 0 unspecified atom stereocenters. The summed E-state index contributed by atoms with van der Waals surface area (Å²) in [6.45, 7) is 5.22. The predicted octanol–water partition coefficient (Wildman–Crippen LogP) is 2.78. The number of benzene rings is 1. The number of anilines is 2. The monoisotopic (exact) mass is 406 g/mol. The molecule has 5 rings (SSSR count). The fourth-order valence-corrected chi connectivity index (χ4v) is 4.73. The van der Waals surface area contributed by atoms with Gasteiger partial charge in [0, 0.05) is 63.4 Å². The Labute approximate surface area is 178 Å². The molecule has 1 aromatic carbocycles. The molecule has 0 bridgehead atoms. The molecule has 1 aliphatic carbocycles. The number of nitrogens with one attached hydrogen (secondary N) is 1. The normalized spacial score (nSPS) is 20.3. The van der Waals surface area contributed by atoms with E-state index in [0.717, 1.165) is 50.0 Å². The molecule has 0 spiro atoms. The minimum absolute atomic E-state index is 0.0153. The van der Waals surface area contributed by atoms with Crippen LogP contribution >= 0.6 is 0 Å². The third kappa shape index (κ3) is 4.12. The van der Waals surface area contributed by atoms with Crippen molar-refractivity contribution in [2.75, 3.05) is 49.5 Å². The smallest absolute Gasteiger partial charge is 0.321 e. The summed E-state index contributed by atoms with van der Waals surface area (Å²) in [5.41, 5.74) is 3.74. The summed E-state index contributed by atoms with van der Waals surface area (Å²) in [7, 11) is 0. The molecule has 2 fully saturated rings. The van der Waals surface area contributed by atoms with Gasteiger partial charge in [-0.15, -0.1) is 0 Å². The molecule has 2 amide bonds. The van der Waals surface area contributed by atoms with E-state index in [4.69, 9.17) is 0 Å². The lowest BCUT2D eigenvalue weighted by Crippen LogP contribution is -2.50. The summed E-state index contributed by atoms with van der Waals surface area (Å²) < 4.78 is 0. The van der Waals surface area contributed by atoms with E-state index in [0.29, 0.717) is 13.1 Å². The molecule has 2 aliphatic heterocycles. The highest BCUT2D eigenvalue weighted by Gasteiger charge is 2.26. The summed E-state index contributed by atoms with van der Waals surface area (Å²) in [5.74, 6) is 0.874. The van der Waals surface area contributed by atoms with Crippen LogP contribution < -0.4 is 10.2 Å². The van der Waals surface area contributed by atoms with Crippen LogP contribution in [0.5, 0.6) is 0 Å². The van der Waals surface area contributed by atoms with Crippen molar-refractivity contribution in [1.29, 1.82) is 0 Å². The van der Waals surface area contributed by atoms with Gasteiger partial charge in [-0.05, 0) is 48.9 Å². The average molecular weight is 407 g/mol. The molecule has 1 N–H and O–H groups in total. The highest BCUT2D eigenvalue weighted by molar-refractivity contribution is 5.89. The number of carbonyl (C=O) groups excluding carboxylic acids is 1. The first-order valence-electron chi connectivity index (χ1n) is 11.2. The molecule has 7 nitrogen and oxygen atoms in total. The second kappa shape index (κ2) is 8.60. The number of aromatic nitrogens is 2. The highest BCUT2D eigenvalue weighted by atomic mass is 16.2. The molecule has 0 radical (unpaired) electrons. The molecule has 3 aliphatic rings. The zero-order valence-corrected chi connectivity index (χ0v) is 17.5. The van der Waals surface area contributed by atoms with E-state index in [1.807, 2.05) is 4.90 Å². The Morgan fingerprint density at radius 2 is 1.77 bits per heavy atom. The van der Waals surface area contributed by atoms with E-state index in [-0.39, 0.29) is 6.03 Å². The van der Waals surface area contributed by atoms with Gasteiger partial charge in [0.15, 0.2) is 0 Å². The van der Waals surface area contributed by atoms with E-state index in [9.17, 15) is 4.79 Å². The van der Waals surface area contributed by atoms with Crippen molar-refractivity contribution in [3.63, 3.8) is 0 Å². The Balaban J connectivity index is 1.17. The van der Waals surface area contributed by atoms with Crippen LogP contribution in [-0.4, -0.2) is 71.1 Å². The molecule has 158 valence electrons. The van der Waals surface area contributed by atoms with Gasteiger partial charge in [-0.3, -0.25) is 9.88 Å². The van der Waals surface area contributed by atoms with Crippen molar-refractivity contribution < 1.29 is 4.79 Å². The number of carbonyl (C=O) groups is 1. The Kier molecular flexibility index (Phi) is 5.53. The van der Waals surface area contributed by atoms with E-state index < -0.39 is 0 Å². The molecule has 2 aromatic rings. The van der Waals surface area contributed by atoms with Crippen molar-refractivity contribution in [1.82, 2.24) is 19.8 Å². The number of hydrogen-bond donors (Lipinski definition) is 1. The lowest BCUT2D eigenvalue weighted by molar-refractivity contribution is 0.133. The van der Waals surface area contributed by atoms with Gasteiger partial charge in [0.2, 0.25) is 0 Å². The first-order chi connectivity index (χ1) is 14.8. The second-order valence-electron chi connectivity index (χ2n) is 8.57. The average Bonchev–Trinajstić information content (AvgIpc) is 2.96. The van der Waals surface area contributed by atoms with Crippen LogP contribution in [-0.2, 0) is 12.8 Å². The molecular weight excluding hydrogens is 376 g/mol. The van der Waals surface area contributed by atoms with E-state index in [2.05, 4.69) is 43.3 Å². The van der Waals surface area contributed by atoms with Gasteiger partial charge >= 0.3 is 6.03 Å². The van der Waals surface area contributed by atoms with Crippen LogP contribution in [0.1, 0.15) is 30.4 Å². The zero-order valence-electron chi connectivity index (χ0n) is 17.5. The van der Waals surface area contributed by atoms with Crippen molar-refractivity contribution in [2.45, 2.75) is 38.1 Å². The summed E-state index contributed by atoms with van der Waals surface area (Å²) >= 11 is 0. The van der Waals surface area contributed by atoms with Crippen LogP contribution in [0.2, 0.25) is 0 Å². The first-order valence-corrected chi connectivity index (χ1v) is 11.2. The third-order valence-corrected chi connectivity index (χ3v) is 6.83. The maximum atomic E-state index is 12.8. The van der Waals surface area contributed by atoms with E-state index >= 15 is 0 Å². The Morgan fingerprint density at radius 3 is 2.47 bits per heavy atom. The number of hydrogen-bond acceptors (Lipinski definition) is 5. The molecule has 3 heterocycles. The van der Waals surface area contributed by atoms with Gasteiger partial charge < -0.3 is 15.1 Å². The fourth-order valence-electron chi connectivity index (χ4n) is 4.73. The Hall–Kier alpha value is -2.67. The van der Waals surface area contributed by atoms with Crippen LogP contribution in [0.15, 0.2) is 36.8 Å². The molecular formula is C23H30N6O. The predicted molar refractivity (Wildman–Crippen MR) is 118 cm³/mol. The molecule has 0 atom stereocenters. The number of amides is 2. The van der Waals surface area contributed by atoms with Crippen molar-refractivity contribution >= 4 is 17.5 Å². The van der Waals surface area contributed by atoms with Crippen LogP contribution in [0.3, 0.4) is 0 Å². The van der Waals surface area contributed by atoms with Gasteiger partial charge in [-0.1, -0.05) is 12.5 Å². The highest BCUT2D eigenvalue weighted by Crippen LogP contribution is 2.28. The quantitative estimate of drug-likeness (QED) is 0.849. The molecule has 1 aromatic heterocycles. The summed E-state index contributed by atoms with van der Waals surface area (Å²) in [5, 5.41) is 3.12. The maximum absolute atomic E-state index is 12.8. The molecule has 1 saturated carbocycles. The lowest BCUT2D eigenvalue weighted by Gasteiger charge is -2.36. The SMILES string of the molecule is O=C(Nc1ccc2c(c1)CCN(C1CCC1)CC2)N1CCN(c2cnccn2)CC1. The number of rotatable bonds is 3. The van der Waals surface area contributed by atoms with Gasteiger partial charge in [0.05, 0.1) is 6.20 Å². The van der Waals surface area contributed by atoms with Gasteiger partial charge in [-0.25, -0.2) is 9.78 Å². The van der Waals surface area contributed by atoms with Crippen molar-refractivity contribution in [2.24, 2.45) is 0 Å². The minimum Gasteiger partial charge on any atom is -0.352 e. The number of nitrogens with zero attached hydrogens (tertiary/aromatic N) is 5. The third-order valence-electron chi connectivity index (χ3n) is 6.83. The number of piperazine rings is 1.